The van der Waals surface area contributed by atoms with Gasteiger partial charge in [-0.25, -0.2) is 4.79 Å². The summed E-state index contributed by atoms with van der Waals surface area (Å²) in [4.78, 5) is 50.2. The van der Waals surface area contributed by atoms with Crippen LogP contribution in [0.4, 0.5) is 4.79 Å². The summed E-state index contributed by atoms with van der Waals surface area (Å²) in [5, 5.41) is 14.0. The molecule has 2 aromatic carbocycles. The Balaban J connectivity index is 1.29. The largest absolute Gasteiger partial charge is 0.481 e. The van der Waals surface area contributed by atoms with Crippen LogP contribution >= 0.6 is 0 Å². The Hall–Kier alpha value is -3.88. The van der Waals surface area contributed by atoms with E-state index in [2.05, 4.69) is 10.6 Å². The molecule has 9 nitrogen and oxygen atoms in total. The van der Waals surface area contributed by atoms with Crippen LogP contribution in [-0.2, 0) is 19.1 Å². The van der Waals surface area contributed by atoms with E-state index in [1.807, 2.05) is 48.5 Å². The molecule has 0 aromatic heterocycles. The highest BCUT2D eigenvalue weighted by atomic mass is 16.5. The third-order valence-electron chi connectivity index (χ3n) is 6.42. The van der Waals surface area contributed by atoms with E-state index in [4.69, 9.17) is 9.84 Å². The fourth-order valence-corrected chi connectivity index (χ4v) is 4.76. The summed E-state index contributed by atoms with van der Waals surface area (Å²) >= 11 is 0. The number of benzene rings is 2. The van der Waals surface area contributed by atoms with E-state index >= 15 is 0 Å². The number of aliphatic carboxylic acids is 1. The van der Waals surface area contributed by atoms with Crippen molar-refractivity contribution >= 4 is 23.9 Å². The van der Waals surface area contributed by atoms with E-state index in [0.29, 0.717) is 13.1 Å². The maximum absolute atomic E-state index is 12.7. The van der Waals surface area contributed by atoms with Gasteiger partial charge in [-0.15, -0.1) is 0 Å². The average Bonchev–Trinajstić information content (AvgIpc) is 3.19. The summed E-state index contributed by atoms with van der Waals surface area (Å²) in [7, 11) is 0. The molecule has 1 aliphatic carbocycles. The predicted octanol–water partition coefficient (Wildman–Crippen LogP) is 2.50. The van der Waals surface area contributed by atoms with Crippen molar-refractivity contribution in [2.45, 2.75) is 37.6 Å². The van der Waals surface area contributed by atoms with Crippen LogP contribution in [0.5, 0.6) is 0 Å². The standard InChI is InChI=1S/C26H29N3O6/c30-23(28-22(14-24(31)32)25(33)29-12-6-1-7-13-29)15-27-26(34)35-16-21-19-10-4-2-8-17(19)18-9-3-5-11-20(18)21/h2-5,8-11,21-22H,1,6-7,12-16H2,(H,27,34)(H,28,30)(H,31,32)/t22-/m0/s1. The predicted molar refractivity (Wildman–Crippen MR) is 128 cm³/mol. The number of rotatable bonds is 8. The smallest absolute Gasteiger partial charge is 0.407 e. The Kier molecular flexibility index (Phi) is 7.64. The highest BCUT2D eigenvalue weighted by molar-refractivity contribution is 5.92. The van der Waals surface area contributed by atoms with Crippen molar-refractivity contribution in [2.75, 3.05) is 26.2 Å². The number of carbonyl (C=O) groups excluding carboxylic acids is 3. The fourth-order valence-electron chi connectivity index (χ4n) is 4.76. The van der Waals surface area contributed by atoms with E-state index in [-0.39, 0.29) is 12.5 Å². The molecule has 1 aliphatic heterocycles. The zero-order chi connectivity index (χ0) is 24.8. The van der Waals surface area contributed by atoms with Crippen LogP contribution in [0.25, 0.3) is 11.1 Å². The third-order valence-corrected chi connectivity index (χ3v) is 6.42. The lowest BCUT2D eigenvalue weighted by molar-refractivity contribution is -0.144. The first-order chi connectivity index (χ1) is 16.9. The topological polar surface area (TPSA) is 125 Å². The molecule has 2 aliphatic rings. The minimum absolute atomic E-state index is 0.107. The molecule has 1 saturated heterocycles. The maximum Gasteiger partial charge on any atom is 0.407 e. The molecule has 184 valence electrons. The normalized spacial score (nSPS) is 15.5. The zero-order valence-corrected chi connectivity index (χ0v) is 19.4. The van der Waals surface area contributed by atoms with Gasteiger partial charge in [0.1, 0.15) is 19.2 Å². The molecule has 9 heteroatoms. The highest BCUT2D eigenvalue weighted by Crippen LogP contribution is 2.44. The lowest BCUT2D eigenvalue weighted by Crippen LogP contribution is -2.52. The lowest BCUT2D eigenvalue weighted by atomic mass is 9.98. The molecule has 1 atom stereocenters. The second-order valence-corrected chi connectivity index (χ2v) is 8.78. The van der Waals surface area contributed by atoms with Gasteiger partial charge in [0, 0.05) is 19.0 Å². The second kappa shape index (κ2) is 11.0. The molecule has 2 aromatic rings. The summed E-state index contributed by atoms with van der Waals surface area (Å²) in [6.07, 6.45) is 1.43. The number of hydrogen-bond donors (Lipinski definition) is 3. The molecule has 0 unspecified atom stereocenters. The molecule has 1 heterocycles. The summed E-state index contributed by atoms with van der Waals surface area (Å²) < 4.78 is 5.40. The average molecular weight is 480 g/mol. The monoisotopic (exact) mass is 479 g/mol. The van der Waals surface area contributed by atoms with Crippen LogP contribution in [0, 0.1) is 0 Å². The number of carbonyl (C=O) groups is 4. The van der Waals surface area contributed by atoms with Crippen molar-refractivity contribution in [2.24, 2.45) is 0 Å². The number of carboxylic acids is 1. The highest BCUT2D eigenvalue weighted by Gasteiger charge is 2.30. The van der Waals surface area contributed by atoms with Gasteiger partial charge >= 0.3 is 12.1 Å². The molecule has 3 N–H and O–H groups in total. The molecular formula is C26H29N3O6. The fraction of sp³-hybridized carbons (Fsp3) is 0.385. The number of ether oxygens (including phenoxy) is 1. The molecule has 4 rings (SSSR count). The van der Waals surface area contributed by atoms with Crippen LogP contribution in [-0.4, -0.2) is 66.2 Å². The van der Waals surface area contributed by atoms with Gasteiger partial charge in [0.15, 0.2) is 0 Å². The first-order valence-corrected chi connectivity index (χ1v) is 11.8. The number of alkyl carbamates (subject to hydrolysis) is 1. The summed E-state index contributed by atoms with van der Waals surface area (Å²) in [6, 6.07) is 14.8. The summed E-state index contributed by atoms with van der Waals surface area (Å²) in [5.74, 6) is -2.37. The van der Waals surface area contributed by atoms with Crippen molar-refractivity contribution in [1.82, 2.24) is 15.5 Å². The number of carboxylic acid groups (broad SMARTS) is 1. The number of nitrogens with one attached hydrogen (secondary N) is 2. The molecular weight excluding hydrogens is 450 g/mol. The Morgan fingerprint density at radius 1 is 0.943 bits per heavy atom. The zero-order valence-electron chi connectivity index (χ0n) is 19.4. The van der Waals surface area contributed by atoms with Gasteiger partial charge in [-0.05, 0) is 41.5 Å². The van der Waals surface area contributed by atoms with Crippen molar-refractivity contribution in [1.29, 1.82) is 0 Å². The van der Waals surface area contributed by atoms with Gasteiger partial charge in [0.2, 0.25) is 11.8 Å². The first kappa shape index (κ1) is 24.3. The maximum atomic E-state index is 12.7. The third kappa shape index (κ3) is 5.79. The van der Waals surface area contributed by atoms with Crippen molar-refractivity contribution in [3.8, 4) is 11.1 Å². The van der Waals surface area contributed by atoms with E-state index < -0.39 is 42.9 Å². The van der Waals surface area contributed by atoms with E-state index in [1.54, 1.807) is 4.90 Å². The minimum atomic E-state index is -1.19. The number of amides is 3. The van der Waals surface area contributed by atoms with E-state index in [0.717, 1.165) is 41.5 Å². The quantitative estimate of drug-likeness (QED) is 0.534. The minimum Gasteiger partial charge on any atom is -0.481 e. The summed E-state index contributed by atoms with van der Waals surface area (Å²) in [5.41, 5.74) is 4.37. The number of hydrogen-bond acceptors (Lipinski definition) is 5. The van der Waals surface area contributed by atoms with Gasteiger partial charge in [-0.2, -0.15) is 0 Å². The molecule has 0 radical (unpaired) electrons. The molecule has 1 fully saturated rings. The Morgan fingerprint density at radius 2 is 1.54 bits per heavy atom. The van der Waals surface area contributed by atoms with Crippen LogP contribution in [0.15, 0.2) is 48.5 Å². The first-order valence-electron chi connectivity index (χ1n) is 11.8. The van der Waals surface area contributed by atoms with Crippen molar-refractivity contribution < 1.29 is 29.0 Å². The van der Waals surface area contributed by atoms with Crippen LogP contribution in [0.3, 0.4) is 0 Å². The lowest BCUT2D eigenvalue weighted by Gasteiger charge is -2.30. The Labute approximate surface area is 203 Å². The Morgan fingerprint density at radius 3 is 2.14 bits per heavy atom. The van der Waals surface area contributed by atoms with Crippen LogP contribution < -0.4 is 10.6 Å². The number of nitrogens with zero attached hydrogens (tertiary/aromatic N) is 1. The Bertz CT molecular complexity index is 1070. The molecule has 0 bridgehead atoms. The number of likely N-dealkylation sites (tertiary alicyclic amines) is 1. The van der Waals surface area contributed by atoms with Crippen molar-refractivity contribution in [3.63, 3.8) is 0 Å². The molecule has 35 heavy (non-hydrogen) atoms. The molecule has 0 saturated carbocycles. The number of piperidine rings is 1. The van der Waals surface area contributed by atoms with Gasteiger partial charge in [0.05, 0.1) is 6.42 Å². The SMILES string of the molecule is O=C(O)C[C@H](NC(=O)CNC(=O)OCC1c2ccccc2-c2ccccc21)C(=O)N1CCCCC1. The summed E-state index contributed by atoms with van der Waals surface area (Å²) in [6.45, 7) is 0.766. The van der Waals surface area contributed by atoms with Gasteiger partial charge < -0.3 is 25.4 Å². The van der Waals surface area contributed by atoms with Crippen LogP contribution in [0.1, 0.15) is 42.7 Å². The van der Waals surface area contributed by atoms with Crippen molar-refractivity contribution in [3.05, 3.63) is 59.7 Å². The van der Waals surface area contributed by atoms with Gasteiger partial charge in [-0.1, -0.05) is 48.5 Å². The molecule has 3 amide bonds. The van der Waals surface area contributed by atoms with E-state index in [9.17, 15) is 19.2 Å². The molecule has 0 spiro atoms. The number of fused-ring (bicyclic) bond motifs is 3. The van der Waals surface area contributed by atoms with E-state index in [1.165, 1.54) is 0 Å². The van der Waals surface area contributed by atoms with Crippen LogP contribution in [0.2, 0.25) is 0 Å². The van der Waals surface area contributed by atoms with Gasteiger partial charge in [-0.3, -0.25) is 14.4 Å². The second-order valence-electron chi connectivity index (χ2n) is 8.78. The van der Waals surface area contributed by atoms with Gasteiger partial charge in [0.25, 0.3) is 0 Å².